The van der Waals surface area contributed by atoms with Crippen molar-refractivity contribution >= 4 is 23.2 Å². The first-order valence-corrected chi connectivity index (χ1v) is 11.8. The van der Waals surface area contributed by atoms with Gasteiger partial charge in [-0.25, -0.2) is 13.9 Å². The first-order chi connectivity index (χ1) is 15.5. The number of nitrogens with zero attached hydrogens (tertiary/aromatic N) is 4. The van der Waals surface area contributed by atoms with Crippen molar-refractivity contribution in [3.05, 3.63) is 63.8 Å². The quantitative estimate of drug-likeness (QED) is 0.645. The molecule has 0 saturated carbocycles. The van der Waals surface area contributed by atoms with Gasteiger partial charge in [0.2, 0.25) is 0 Å². The van der Waals surface area contributed by atoms with Gasteiger partial charge in [-0.3, -0.25) is 4.79 Å². The lowest BCUT2D eigenvalue weighted by Gasteiger charge is -2.29. The maximum Gasteiger partial charge on any atom is 0.254 e. The lowest BCUT2D eigenvalue weighted by Crippen LogP contribution is -2.38. The molecule has 2 bridgehead atoms. The van der Waals surface area contributed by atoms with Crippen LogP contribution >= 0.6 is 11.6 Å². The van der Waals surface area contributed by atoms with Crippen molar-refractivity contribution in [1.29, 1.82) is 0 Å². The van der Waals surface area contributed by atoms with Gasteiger partial charge in [0.25, 0.3) is 5.91 Å². The third-order valence-electron chi connectivity index (χ3n) is 7.29. The van der Waals surface area contributed by atoms with Crippen LogP contribution in [0.1, 0.15) is 59.3 Å². The number of rotatable bonds is 4. The number of piperidine rings is 1. The van der Waals surface area contributed by atoms with Gasteiger partial charge in [-0.1, -0.05) is 11.6 Å². The van der Waals surface area contributed by atoms with Crippen LogP contribution in [0, 0.1) is 11.7 Å². The lowest BCUT2D eigenvalue weighted by atomic mass is 9.86. The van der Waals surface area contributed by atoms with Gasteiger partial charge in [0.1, 0.15) is 5.82 Å². The number of amides is 1. The molecule has 5 heterocycles. The standard InChI is InChI=1S/C24H25ClFN5O/c25-16-10-27-23-21-12-30(13-22(21)29-31(23)11-16)24(32)20-6-3-17(26)9-15(20)2-1-14-7-18-4-5-19(8-14)28-18/h3,6,9-11,14,18-19,28H,1-2,4-5,7-8,12-13H2/t14?,18-,19+. The van der Waals surface area contributed by atoms with Crippen molar-refractivity contribution in [3.63, 3.8) is 0 Å². The summed E-state index contributed by atoms with van der Waals surface area (Å²) in [6.07, 6.45) is 9.95. The Kier molecular flexibility index (Phi) is 4.91. The highest BCUT2D eigenvalue weighted by Crippen LogP contribution is 2.34. The number of hydrogen-bond acceptors (Lipinski definition) is 4. The zero-order valence-electron chi connectivity index (χ0n) is 17.7. The van der Waals surface area contributed by atoms with E-state index in [0.29, 0.717) is 41.7 Å². The Hall–Kier alpha value is -2.51. The van der Waals surface area contributed by atoms with Gasteiger partial charge in [0.15, 0.2) is 5.65 Å². The zero-order valence-corrected chi connectivity index (χ0v) is 18.5. The smallest absolute Gasteiger partial charge is 0.254 e. The van der Waals surface area contributed by atoms with Crippen LogP contribution < -0.4 is 5.32 Å². The van der Waals surface area contributed by atoms with E-state index in [1.165, 1.54) is 31.7 Å². The van der Waals surface area contributed by atoms with E-state index in [-0.39, 0.29) is 11.7 Å². The summed E-state index contributed by atoms with van der Waals surface area (Å²) in [6, 6.07) is 5.84. The Morgan fingerprint density at radius 3 is 2.84 bits per heavy atom. The van der Waals surface area contributed by atoms with Crippen LogP contribution in [-0.4, -0.2) is 37.5 Å². The molecule has 6 rings (SSSR count). The summed E-state index contributed by atoms with van der Waals surface area (Å²) in [7, 11) is 0. The molecule has 1 aromatic carbocycles. The van der Waals surface area contributed by atoms with Crippen molar-refractivity contribution in [1.82, 2.24) is 24.8 Å². The predicted molar refractivity (Wildman–Crippen MR) is 119 cm³/mol. The normalized spacial score (nSPS) is 24.3. The SMILES string of the molecule is O=C(c1ccc(F)cc1CCC1C[C@H]2CC[C@@H](C1)N2)N1Cc2nn3cc(Cl)cnc3c2C1. The number of aryl methyl sites for hydroxylation is 1. The van der Waals surface area contributed by atoms with Gasteiger partial charge in [-0.2, -0.15) is 5.10 Å². The number of carbonyl (C=O) groups excluding carboxylic acids is 1. The highest BCUT2D eigenvalue weighted by atomic mass is 35.5. The largest absolute Gasteiger partial charge is 0.328 e. The van der Waals surface area contributed by atoms with E-state index in [1.54, 1.807) is 33.9 Å². The minimum Gasteiger partial charge on any atom is -0.328 e. The Labute approximate surface area is 190 Å². The van der Waals surface area contributed by atoms with Gasteiger partial charge < -0.3 is 10.2 Å². The van der Waals surface area contributed by atoms with E-state index in [1.807, 2.05) is 0 Å². The Balaban J connectivity index is 1.20. The molecule has 0 spiro atoms. The van der Waals surface area contributed by atoms with E-state index >= 15 is 0 Å². The summed E-state index contributed by atoms with van der Waals surface area (Å²) in [5, 5.41) is 8.74. The lowest BCUT2D eigenvalue weighted by molar-refractivity contribution is 0.0748. The van der Waals surface area contributed by atoms with Gasteiger partial charge >= 0.3 is 0 Å². The molecular formula is C24H25ClFN5O. The summed E-state index contributed by atoms with van der Waals surface area (Å²) in [6.45, 7) is 0.865. The Morgan fingerprint density at radius 1 is 1.22 bits per heavy atom. The Morgan fingerprint density at radius 2 is 2.03 bits per heavy atom. The van der Waals surface area contributed by atoms with Crippen LogP contribution in [0.3, 0.4) is 0 Å². The van der Waals surface area contributed by atoms with E-state index in [0.717, 1.165) is 35.3 Å². The predicted octanol–water partition coefficient (Wildman–Crippen LogP) is 4.14. The molecule has 3 aliphatic heterocycles. The van der Waals surface area contributed by atoms with Crippen LogP contribution in [0.5, 0.6) is 0 Å². The summed E-state index contributed by atoms with van der Waals surface area (Å²) in [4.78, 5) is 19.6. The maximum absolute atomic E-state index is 14.1. The zero-order chi connectivity index (χ0) is 21.8. The van der Waals surface area contributed by atoms with Crippen molar-refractivity contribution in [3.8, 4) is 0 Å². The van der Waals surface area contributed by atoms with Crippen LogP contribution in [0.2, 0.25) is 5.02 Å². The molecule has 0 aliphatic carbocycles. The average molecular weight is 454 g/mol. The summed E-state index contributed by atoms with van der Waals surface area (Å²) in [5.74, 6) is 0.281. The highest BCUT2D eigenvalue weighted by molar-refractivity contribution is 6.30. The number of carbonyl (C=O) groups is 1. The molecule has 1 unspecified atom stereocenters. The minimum absolute atomic E-state index is 0.0736. The molecule has 8 heteroatoms. The van der Waals surface area contributed by atoms with Crippen molar-refractivity contribution < 1.29 is 9.18 Å². The summed E-state index contributed by atoms with van der Waals surface area (Å²) < 4.78 is 15.8. The summed E-state index contributed by atoms with van der Waals surface area (Å²) >= 11 is 6.01. The molecule has 2 fully saturated rings. The minimum atomic E-state index is -0.287. The third kappa shape index (κ3) is 3.57. The molecule has 1 N–H and O–H groups in total. The van der Waals surface area contributed by atoms with E-state index in [4.69, 9.17) is 11.6 Å². The maximum atomic E-state index is 14.1. The van der Waals surface area contributed by atoms with Crippen LogP contribution in [0.25, 0.3) is 5.65 Å². The number of aromatic nitrogens is 3. The second-order valence-corrected chi connectivity index (χ2v) is 9.88. The van der Waals surface area contributed by atoms with E-state index in [2.05, 4.69) is 15.4 Å². The number of benzene rings is 1. The van der Waals surface area contributed by atoms with Gasteiger partial charge in [0.05, 0.1) is 30.0 Å². The van der Waals surface area contributed by atoms with Crippen LogP contribution in [0.4, 0.5) is 4.39 Å². The number of nitrogens with one attached hydrogen (secondary N) is 1. The fourth-order valence-electron chi connectivity index (χ4n) is 5.78. The van der Waals surface area contributed by atoms with Gasteiger partial charge in [-0.05, 0) is 68.2 Å². The fraction of sp³-hybridized carbons (Fsp3) is 0.458. The molecule has 3 aromatic rings. The molecule has 0 radical (unpaired) electrons. The monoisotopic (exact) mass is 453 g/mol. The molecule has 2 saturated heterocycles. The van der Waals surface area contributed by atoms with Crippen LogP contribution in [0.15, 0.2) is 30.6 Å². The fourth-order valence-corrected chi connectivity index (χ4v) is 5.93. The average Bonchev–Trinajstić information content (AvgIpc) is 3.43. The summed E-state index contributed by atoms with van der Waals surface area (Å²) in [5.41, 5.74) is 3.91. The molecule has 3 aliphatic rings. The second-order valence-electron chi connectivity index (χ2n) is 9.44. The van der Waals surface area contributed by atoms with Gasteiger partial charge in [-0.15, -0.1) is 0 Å². The highest BCUT2D eigenvalue weighted by Gasteiger charge is 2.34. The second kappa shape index (κ2) is 7.81. The molecule has 166 valence electrons. The van der Waals surface area contributed by atoms with Crippen LogP contribution in [-0.2, 0) is 19.5 Å². The molecule has 1 amide bonds. The van der Waals surface area contributed by atoms with Crippen molar-refractivity contribution in [2.75, 3.05) is 0 Å². The number of hydrogen-bond donors (Lipinski definition) is 1. The number of fused-ring (bicyclic) bond motifs is 5. The third-order valence-corrected chi connectivity index (χ3v) is 7.48. The van der Waals surface area contributed by atoms with Crippen molar-refractivity contribution in [2.45, 2.75) is 63.7 Å². The van der Waals surface area contributed by atoms with E-state index in [9.17, 15) is 9.18 Å². The van der Waals surface area contributed by atoms with E-state index < -0.39 is 0 Å². The first-order valence-electron chi connectivity index (χ1n) is 11.4. The molecule has 32 heavy (non-hydrogen) atoms. The van der Waals surface area contributed by atoms with Crippen molar-refractivity contribution in [2.24, 2.45) is 5.92 Å². The Bertz CT molecular complexity index is 1200. The first kappa shape index (κ1) is 20.1. The van der Waals surface area contributed by atoms with Gasteiger partial charge in [0, 0.05) is 29.4 Å². The molecule has 6 nitrogen and oxygen atoms in total. The molecular weight excluding hydrogens is 429 g/mol. The molecule has 2 aromatic heterocycles. The molecule has 3 atom stereocenters. The topological polar surface area (TPSA) is 62.5 Å². The number of halogens is 2.